The van der Waals surface area contributed by atoms with Gasteiger partial charge in [-0.25, -0.2) is 4.99 Å². The molecular formula is C7H11N3OS. The fraction of sp³-hybridized carbons (Fsp3) is 0.714. The summed E-state index contributed by atoms with van der Waals surface area (Å²) in [6, 6.07) is 0. The average Bonchev–Trinajstić information content (AvgIpc) is 2.54. The Labute approximate surface area is 75.5 Å². The Kier molecular flexibility index (Phi) is 2.32. The molecule has 66 valence electrons. The van der Waals surface area contributed by atoms with E-state index in [2.05, 4.69) is 9.89 Å². The molecule has 0 aromatic heterocycles. The van der Waals surface area contributed by atoms with Gasteiger partial charge in [0.2, 0.25) is 0 Å². The lowest BCUT2D eigenvalue weighted by molar-refractivity contribution is 0.0694. The van der Waals surface area contributed by atoms with Gasteiger partial charge in [0, 0.05) is 13.1 Å². The van der Waals surface area contributed by atoms with Crippen LogP contribution in [0, 0.1) is 5.41 Å². The van der Waals surface area contributed by atoms with Gasteiger partial charge >= 0.3 is 0 Å². The summed E-state index contributed by atoms with van der Waals surface area (Å²) < 4.78 is 5.23. The number of aliphatic imine (C=N–C) groups is 1. The normalized spacial score (nSPS) is 24.5. The molecule has 1 saturated heterocycles. The van der Waals surface area contributed by atoms with E-state index in [-0.39, 0.29) is 0 Å². The summed E-state index contributed by atoms with van der Waals surface area (Å²) in [5.41, 5.74) is 0. The average molecular weight is 185 g/mol. The molecule has 1 fully saturated rings. The highest BCUT2D eigenvalue weighted by Gasteiger charge is 2.20. The highest BCUT2D eigenvalue weighted by molar-refractivity contribution is 8.14. The number of nitrogens with one attached hydrogen (secondary N) is 1. The summed E-state index contributed by atoms with van der Waals surface area (Å²) in [6.45, 7) is 3.40. The molecule has 0 amide bonds. The minimum absolute atomic E-state index is 0.487. The summed E-state index contributed by atoms with van der Waals surface area (Å²) in [5.74, 6) is 1.22. The number of morpholine rings is 1. The molecule has 2 rings (SSSR count). The van der Waals surface area contributed by atoms with Crippen LogP contribution in [0.25, 0.3) is 0 Å². The van der Waals surface area contributed by atoms with Crippen LogP contribution in [0.15, 0.2) is 4.99 Å². The van der Waals surface area contributed by atoms with Gasteiger partial charge in [0.25, 0.3) is 0 Å². The van der Waals surface area contributed by atoms with Crippen molar-refractivity contribution in [2.45, 2.75) is 0 Å². The zero-order valence-electron chi connectivity index (χ0n) is 6.75. The monoisotopic (exact) mass is 185 g/mol. The second kappa shape index (κ2) is 3.45. The maximum Gasteiger partial charge on any atom is 0.166 e. The van der Waals surface area contributed by atoms with Crippen LogP contribution in [-0.4, -0.2) is 48.0 Å². The van der Waals surface area contributed by atoms with Crippen LogP contribution in [0.4, 0.5) is 0 Å². The van der Waals surface area contributed by atoms with Crippen molar-refractivity contribution in [2.75, 3.05) is 32.1 Å². The number of amidine groups is 2. The minimum Gasteiger partial charge on any atom is -0.378 e. The molecule has 0 aromatic carbocycles. The first kappa shape index (κ1) is 8.07. The van der Waals surface area contributed by atoms with Gasteiger partial charge in [-0.15, -0.1) is 0 Å². The van der Waals surface area contributed by atoms with Gasteiger partial charge in [-0.2, -0.15) is 0 Å². The third kappa shape index (κ3) is 1.61. The van der Waals surface area contributed by atoms with Gasteiger partial charge in [0.1, 0.15) is 5.84 Å². The Hall–Kier alpha value is -0.550. The van der Waals surface area contributed by atoms with Crippen LogP contribution in [-0.2, 0) is 4.74 Å². The minimum atomic E-state index is 0.487. The van der Waals surface area contributed by atoms with Crippen LogP contribution >= 0.6 is 11.8 Å². The van der Waals surface area contributed by atoms with Crippen molar-refractivity contribution in [1.29, 1.82) is 5.41 Å². The second-order valence-corrected chi connectivity index (χ2v) is 3.67. The van der Waals surface area contributed by atoms with E-state index < -0.39 is 0 Å². The maximum atomic E-state index is 7.33. The topological polar surface area (TPSA) is 48.7 Å². The van der Waals surface area contributed by atoms with E-state index in [1.165, 1.54) is 0 Å². The lowest BCUT2D eigenvalue weighted by Gasteiger charge is -2.27. The molecule has 0 unspecified atom stereocenters. The largest absolute Gasteiger partial charge is 0.378 e. The van der Waals surface area contributed by atoms with E-state index >= 15 is 0 Å². The van der Waals surface area contributed by atoms with Gasteiger partial charge in [-0.3, -0.25) is 5.41 Å². The zero-order chi connectivity index (χ0) is 8.39. The number of hydrogen-bond acceptors (Lipinski definition) is 4. The summed E-state index contributed by atoms with van der Waals surface area (Å²) in [5, 5.41) is 8.33. The maximum absolute atomic E-state index is 7.33. The molecular weight excluding hydrogens is 174 g/mol. The Bertz CT molecular complexity index is 223. The van der Waals surface area contributed by atoms with E-state index in [0.29, 0.717) is 5.84 Å². The molecule has 5 heteroatoms. The number of ether oxygens (including phenoxy) is 1. The number of nitrogens with zero attached hydrogens (tertiary/aromatic N) is 2. The predicted octanol–water partition coefficient (Wildman–Crippen LogP) is 0.399. The van der Waals surface area contributed by atoms with E-state index in [1.54, 1.807) is 11.8 Å². The lowest BCUT2D eigenvalue weighted by atomic mass is 10.5. The van der Waals surface area contributed by atoms with Crippen molar-refractivity contribution in [2.24, 2.45) is 4.99 Å². The Balaban J connectivity index is 1.99. The van der Waals surface area contributed by atoms with Crippen molar-refractivity contribution < 1.29 is 4.74 Å². The molecule has 0 atom stereocenters. The molecule has 0 aliphatic carbocycles. The molecule has 0 radical (unpaired) electrons. The van der Waals surface area contributed by atoms with Crippen molar-refractivity contribution in [3.05, 3.63) is 0 Å². The Morgan fingerprint density at radius 2 is 2.17 bits per heavy atom. The highest BCUT2D eigenvalue weighted by Crippen LogP contribution is 2.17. The predicted molar refractivity (Wildman–Crippen MR) is 50.0 cm³/mol. The molecule has 0 aromatic rings. The Morgan fingerprint density at radius 3 is 2.75 bits per heavy atom. The summed E-state index contributed by atoms with van der Waals surface area (Å²) >= 11 is 1.65. The molecule has 2 aliphatic heterocycles. The van der Waals surface area contributed by atoms with E-state index in [1.807, 2.05) is 0 Å². The van der Waals surface area contributed by atoms with Crippen LogP contribution in [0.1, 0.15) is 0 Å². The first-order chi connectivity index (χ1) is 5.86. The fourth-order valence-corrected chi connectivity index (χ4v) is 2.10. The molecule has 2 heterocycles. The first-order valence-electron chi connectivity index (χ1n) is 3.98. The molecule has 12 heavy (non-hydrogen) atoms. The van der Waals surface area contributed by atoms with Crippen LogP contribution < -0.4 is 0 Å². The van der Waals surface area contributed by atoms with E-state index in [9.17, 15) is 0 Å². The number of thioether (sulfide) groups is 1. The zero-order valence-corrected chi connectivity index (χ0v) is 7.56. The van der Waals surface area contributed by atoms with Gasteiger partial charge in [0.15, 0.2) is 5.17 Å². The summed E-state index contributed by atoms with van der Waals surface area (Å²) in [4.78, 5) is 6.34. The van der Waals surface area contributed by atoms with Crippen molar-refractivity contribution in [1.82, 2.24) is 4.90 Å². The van der Waals surface area contributed by atoms with Crippen molar-refractivity contribution >= 4 is 22.8 Å². The van der Waals surface area contributed by atoms with Gasteiger partial charge in [-0.1, -0.05) is 11.8 Å². The fourth-order valence-electron chi connectivity index (χ4n) is 1.23. The molecule has 4 nitrogen and oxygen atoms in total. The standard InChI is InChI=1S/C7H11N3OS/c8-6-5-12-7(9-6)10-1-3-11-4-2-10/h8H,1-5H2. The van der Waals surface area contributed by atoms with E-state index in [0.717, 1.165) is 37.2 Å². The highest BCUT2D eigenvalue weighted by atomic mass is 32.2. The van der Waals surface area contributed by atoms with Crippen LogP contribution in [0.3, 0.4) is 0 Å². The summed E-state index contributed by atoms with van der Waals surface area (Å²) in [7, 11) is 0. The second-order valence-electron chi connectivity index (χ2n) is 2.73. The van der Waals surface area contributed by atoms with E-state index in [4.69, 9.17) is 10.1 Å². The van der Waals surface area contributed by atoms with Crippen LogP contribution in [0.2, 0.25) is 0 Å². The summed E-state index contributed by atoms with van der Waals surface area (Å²) in [6.07, 6.45) is 0. The van der Waals surface area contributed by atoms with Crippen LogP contribution in [0.5, 0.6) is 0 Å². The molecule has 2 aliphatic rings. The number of hydrogen-bond donors (Lipinski definition) is 1. The molecule has 0 spiro atoms. The van der Waals surface area contributed by atoms with Gasteiger partial charge in [-0.05, 0) is 0 Å². The molecule has 0 saturated carbocycles. The first-order valence-corrected chi connectivity index (χ1v) is 4.96. The quantitative estimate of drug-likeness (QED) is 0.594. The van der Waals surface area contributed by atoms with Crippen molar-refractivity contribution in [3.8, 4) is 0 Å². The smallest absolute Gasteiger partial charge is 0.166 e. The van der Waals surface area contributed by atoms with Gasteiger partial charge < -0.3 is 9.64 Å². The third-order valence-electron chi connectivity index (χ3n) is 1.85. The van der Waals surface area contributed by atoms with Gasteiger partial charge in [0.05, 0.1) is 19.0 Å². The third-order valence-corrected chi connectivity index (χ3v) is 2.88. The lowest BCUT2D eigenvalue weighted by Crippen LogP contribution is -2.38. The number of rotatable bonds is 0. The molecule has 0 bridgehead atoms. The Morgan fingerprint density at radius 1 is 1.42 bits per heavy atom. The van der Waals surface area contributed by atoms with Crippen molar-refractivity contribution in [3.63, 3.8) is 0 Å². The SMILES string of the molecule is N=C1CSC(N2CCOCC2)=N1. The molecule has 1 N–H and O–H groups in total.